The van der Waals surface area contributed by atoms with Gasteiger partial charge in [-0.2, -0.15) is 0 Å². The SMILES string of the molecule is CCCNCCNC(=O)CS(=O)(=O)Nc1ccc(OC(C)C)cc1. The molecule has 0 aliphatic heterocycles. The van der Waals surface area contributed by atoms with Crippen LogP contribution in [0, 0.1) is 0 Å². The van der Waals surface area contributed by atoms with Crippen LogP contribution in [-0.2, 0) is 14.8 Å². The first kappa shape index (κ1) is 20.2. The van der Waals surface area contributed by atoms with E-state index in [0.29, 0.717) is 24.5 Å². The number of hydrogen-bond donors (Lipinski definition) is 3. The van der Waals surface area contributed by atoms with E-state index in [1.54, 1.807) is 24.3 Å². The molecule has 24 heavy (non-hydrogen) atoms. The van der Waals surface area contributed by atoms with E-state index in [1.807, 2.05) is 20.8 Å². The molecule has 136 valence electrons. The summed E-state index contributed by atoms with van der Waals surface area (Å²) in [6.45, 7) is 7.75. The minimum Gasteiger partial charge on any atom is -0.491 e. The summed E-state index contributed by atoms with van der Waals surface area (Å²) >= 11 is 0. The van der Waals surface area contributed by atoms with Crippen molar-refractivity contribution in [2.45, 2.75) is 33.3 Å². The van der Waals surface area contributed by atoms with E-state index >= 15 is 0 Å². The molecule has 0 heterocycles. The Morgan fingerprint density at radius 2 is 1.79 bits per heavy atom. The van der Waals surface area contributed by atoms with Crippen LogP contribution < -0.4 is 20.1 Å². The minimum atomic E-state index is -3.74. The lowest BCUT2D eigenvalue weighted by Crippen LogP contribution is -2.37. The molecule has 1 amide bonds. The van der Waals surface area contributed by atoms with Crippen molar-refractivity contribution in [1.29, 1.82) is 0 Å². The van der Waals surface area contributed by atoms with Gasteiger partial charge in [-0.1, -0.05) is 6.92 Å². The van der Waals surface area contributed by atoms with E-state index in [2.05, 4.69) is 15.4 Å². The van der Waals surface area contributed by atoms with E-state index in [9.17, 15) is 13.2 Å². The van der Waals surface area contributed by atoms with Gasteiger partial charge in [-0.05, 0) is 51.1 Å². The lowest BCUT2D eigenvalue weighted by molar-refractivity contribution is -0.118. The van der Waals surface area contributed by atoms with Crippen LogP contribution in [-0.4, -0.2) is 45.8 Å². The first-order valence-electron chi connectivity index (χ1n) is 8.07. The van der Waals surface area contributed by atoms with Gasteiger partial charge in [-0.3, -0.25) is 9.52 Å². The number of hydrogen-bond acceptors (Lipinski definition) is 5. The standard InChI is InChI=1S/C16H27N3O4S/c1-4-9-17-10-11-18-16(20)12-24(21,22)19-14-5-7-15(8-6-14)23-13(2)3/h5-8,13,17,19H,4,9-12H2,1-3H3,(H,18,20). The molecule has 3 N–H and O–H groups in total. The van der Waals surface area contributed by atoms with Gasteiger partial charge in [-0.25, -0.2) is 8.42 Å². The van der Waals surface area contributed by atoms with Gasteiger partial charge >= 0.3 is 0 Å². The average Bonchev–Trinajstić information content (AvgIpc) is 2.47. The molecular weight excluding hydrogens is 330 g/mol. The van der Waals surface area contributed by atoms with Gasteiger partial charge in [0.2, 0.25) is 15.9 Å². The topological polar surface area (TPSA) is 96.5 Å². The van der Waals surface area contributed by atoms with Crippen molar-refractivity contribution < 1.29 is 17.9 Å². The Labute approximate surface area is 144 Å². The van der Waals surface area contributed by atoms with Gasteiger partial charge in [0.15, 0.2) is 0 Å². The molecule has 1 rings (SSSR count). The lowest BCUT2D eigenvalue weighted by atomic mass is 10.3. The molecule has 1 aromatic carbocycles. The van der Waals surface area contributed by atoms with Crippen molar-refractivity contribution in [2.75, 3.05) is 30.1 Å². The number of carbonyl (C=O) groups is 1. The molecule has 0 unspecified atom stereocenters. The molecule has 0 bridgehead atoms. The lowest BCUT2D eigenvalue weighted by Gasteiger charge is -2.11. The first-order valence-corrected chi connectivity index (χ1v) is 9.72. The highest BCUT2D eigenvalue weighted by molar-refractivity contribution is 7.93. The van der Waals surface area contributed by atoms with Gasteiger partial charge in [0.25, 0.3) is 0 Å². The van der Waals surface area contributed by atoms with E-state index < -0.39 is 21.7 Å². The Bertz CT molecular complexity index is 600. The number of anilines is 1. The van der Waals surface area contributed by atoms with Gasteiger partial charge < -0.3 is 15.4 Å². The highest BCUT2D eigenvalue weighted by Crippen LogP contribution is 2.17. The molecule has 0 aliphatic rings. The molecule has 0 saturated carbocycles. The zero-order valence-corrected chi connectivity index (χ0v) is 15.3. The Balaban J connectivity index is 2.43. The Kier molecular flexibility index (Phi) is 8.56. The van der Waals surface area contributed by atoms with Crippen LogP contribution in [0.25, 0.3) is 0 Å². The second kappa shape index (κ2) is 10.1. The molecular formula is C16H27N3O4S. The highest BCUT2D eigenvalue weighted by atomic mass is 32.2. The summed E-state index contributed by atoms with van der Waals surface area (Å²) in [6, 6.07) is 6.55. The van der Waals surface area contributed by atoms with Crippen molar-refractivity contribution in [1.82, 2.24) is 10.6 Å². The van der Waals surface area contributed by atoms with Crippen LogP contribution in [0.4, 0.5) is 5.69 Å². The number of benzene rings is 1. The summed E-state index contributed by atoms with van der Waals surface area (Å²) < 4.78 is 31.8. The fraction of sp³-hybridized carbons (Fsp3) is 0.562. The van der Waals surface area contributed by atoms with Crippen LogP contribution >= 0.6 is 0 Å². The molecule has 1 aromatic rings. The van der Waals surface area contributed by atoms with E-state index in [0.717, 1.165) is 13.0 Å². The Morgan fingerprint density at radius 1 is 1.12 bits per heavy atom. The number of nitrogens with one attached hydrogen (secondary N) is 3. The second-order valence-corrected chi connectivity index (χ2v) is 7.37. The van der Waals surface area contributed by atoms with E-state index in [-0.39, 0.29) is 6.10 Å². The summed E-state index contributed by atoms with van der Waals surface area (Å²) in [4.78, 5) is 11.7. The number of sulfonamides is 1. The zero-order valence-electron chi connectivity index (χ0n) is 14.5. The molecule has 7 nitrogen and oxygen atoms in total. The number of amides is 1. The Hall–Kier alpha value is -1.80. The zero-order chi connectivity index (χ0) is 18.0. The maximum atomic E-state index is 12.0. The van der Waals surface area contributed by atoms with Gasteiger partial charge in [0.05, 0.1) is 6.10 Å². The fourth-order valence-corrected chi connectivity index (χ4v) is 2.92. The summed E-state index contributed by atoms with van der Waals surface area (Å²) in [6.07, 6.45) is 1.05. The van der Waals surface area contributed by atoms with Gasteiger partial charge in [0.1, 0.15) is 11.5 Å². The van der Waals surface area contributed by atoms with Crippen LogP contribution in [0.2, 0.25) is 0 Å². The molecule has 0 atom stereocenters. The van der Waals surface area contributed by atoms with Crippen molar-refractivity contribution in [2.24, 2.45) is 0 Å². The average molecular weight is 357 g/mol. The smallest absolute Gasteiger partial charge is 0.241 e. The largest absolute Gasteiger partial charge is 0.491 e. The molecule has 0 radical (unpaired) electrons. The monoisotopic (exact) mass is 357 g/mol. The number of ether oxygens (including phenoxy) is 1. The number of rotatable bonds is 11. The first-order chi connectivity index (χ1) is 11.3. The molecule has 8 heteroatoms. The van der Waals surface area contributed by atoms with Crippen molar-refractivity contribution >= 4 is 21.6 Å². The van der Waals surface area contributed by atoms with Crippen LogP contribution in [0.15, 0.2) is 24.3 Å². The fourth-order valence-electron chi connectivity index (χ4n) is 1.91. The third-order valence-electron chi connectivity index (χ3n) is 2.87. The minimum absolute atomic E-state index is 0.0445. The normalized spacial score (nSPS) is 11.3. The second-order valence-electron chi connectivity index (χ2n) is 5.65. The maximum absolute atomic E-state index is 12.0. The van der Waals surface area contributed by atoms with Crippen LogP contribution in [0.3, 0.4) is 0 Å². The summed E-state index contributed by atoms with van der Waals surface area (Å²) in [5.41, 5.74) is 0.392. The van der Waals surface area contributed by atoms with Crippen molar-refractivity contribution in [3.63, 3.8) is 0 Å². The summed E-state index contributed by atoms with van der Waals surface area (Å²) in [7, 11) is -3.74. The predicted octanol–water partition coefficient (Wildman–Crippen LogP) is 1.33. The third kappa shape index (κ3) is 8.73. The van der Waals surface area contributed by atoms with Crippen molar-refractivity contribution in [3.8, 4) is 5.75 Å². The van der Waals surface area contributed by atoms with E-state index in [1.165, 1.54) is 0 Å². The summed E-state index contributed by atoms with van der Waals surface area (Å²) in [5.74, 6) is -0.476. The quantitative estimate of drug-likeness (QED) is 0.519. The predicted molar refractivity (Wildman–Crippen MR) is 95.8 cm³/mol. The van der Waals surface area contributed by atoms with Gasteiger partial charge in [0, 0.05) is 18.8 Å². The molecule has 0 saturated heterocycles. The van der Waals surface area contributed by atoms with E-state index in [4.69, 9.17) is 4.74 Å². The molecule has 0 aromatic heterocycles. The third-order valence-corrected chi connectivity index (χ3v) is 4.06. The van der Waals surface area contributed by atoms with Gasteiger partial charge in [-0.15, -0.1) is 0 Å². The maximum Gasteiger partial charge on any atom is 0.241 e. The van der Waals surface area contributed by atoms with Crippen molar-refractivity contribution in [3.05, 3.63) is 24.3 Å². The molecule has 0 aliphatic carbocycles. The Morgan fingerprint density at radius 3 is 2.38 bits per heavy atom. The molecule has 0 fully saturated rings. The van der Waals surface area contributed by atoms with Crippen LogP contribution in [0.1, 0.15) is 27.2 Å². The number of carbonyl (C=O) groups excluding carboxylic acids is 1. The summed E-state index contributed by atoms with van der Waals surface area (Å²) in [5, 5.41) is 5.69. The highest BCUT2D eigenvalue weighted by Gasteiger charge is 2.16. The molecule has 0 spiro atoms. The van der Waals surface area contributed by atoms with Crippen LogP contribution in [0.5, 0.6) is 5.75 Å².